The smallest absolute Gasteiger partial charge is 0.407 e. The van der Waals surface area contributed by atoms with Gasteiger partial charge in [-0.15, -0.1) is 0 Å². The highest BCUT2D eigenvalue weighted by atomic mass is 16.6. The normalized spacial score (nSPS) is 25.1. The fourth-order valence-corrected chi connectivity index (χ4v) is 8.71. The molecule has 422 valence electrons. The number of cyclic esters (lactones) is 2. The highest BCUT2D eigenvalue weighted by Crippen LogP contribution is 2.26. The second kappa shape index (κ2) is 34.7. The van der Waals surface area contributed by atoms with Crippen molar-refractivity contribution in [1.82, 2.24) is 31.1 Å². The number of carbonyl (C=O) groups is 8. The summed E-state index contributed by atoms with van der Waals surface area (Å²) in [6, 6.07) is 4.38. The molecule has 0 saturated heterocycles. The summed E-state index contributed by atoms with van der Waals surface area (Å²) in [6.07, 6.45) is 10.2. The van der Waals surface area contributed by atoms with Gasteiger partial charge in [0.25, 0.3) is 5.91 Å². The second-order valence-electron chi connectivity index (χ2n) is 20.8. The maximum Gasteiger partial charge on any atom is 0.407 e. The van der Waals surface area contributed by atoms with Gasteiger partial charge >= 0.3 is 18.0 Å². The number of hydrogen-bond donors (Lipinski definition) is 5. The minimum absolute atomic E-state index is 0.0277. The molecule has 0 spiro atoms. The Morgan fingerprint density at radius 2 is 1.41 bits per heavy atom. The van der Waals surface area contributed by atoms with E-state index in [4.69, 9.17) is 19.3 Å². The van der Waals surface area contributed by atoms with Crippen molar-refractivity contribution in [3.63, 3.8) is 0 Å². The summed E-state index contributed by atoms with van der Waals surface area (Å²) in [7, 11) is 2.85. The van der Waals surface area contributed by atoms with Gasteiger partial charge in [0.05, 0.1) is 6.54 Å². The Morgan fingerprint density at radius 1 is 0.827 bits per heavy atom. The number of nitrogens with one attached hydrogen (secondary N) is 4. The lowest BCUT2D eigenvalue weighted by atomic mass is 9.90. The number of aliphatic hydroxyl groups is 1. The van der Waals surface area contributed by atoms with E-state index < -0.39 is 108 Å². The van der Waals surface area contributed by atoms with Gasteiger partial charge in [0, 0.05) is 51.6 Å². The van der Waals surface area contributed by atoms with Gasteiger partial charge in [-0.2, -0.15) is 0 Å². The quantitative estimate of drug-likeness (QED) is 0.0390. The topological polar surface area (TPSA) is 239 Å². The molecule has 2 rings (SSSR count). The number of hydrogen-bond acceptors (Lipinski definition) is 12. The molecule has 1 aromatic rings. The summed E-state index contributed by atoms with van der Waals surface area (Å²) in [5.74, 6) is -6.09. The largest absolute Gasteiger partial charge is 0.456 e. The molecule has 18 nitrogen and oxygen atoms in total. The summed E-state index contributed by atoms with van der Waals surface area (Å²) in [4.78, 5) is 114. The van der Waals surface area contributed by atoms with Crippen molar-refractivity contribution >= 4 is 47.6 Å². The third-order valence-electron chi connectivity index (χ3n) is 13.9. The van der Waals surface area contributed by atoms with E-state index >= 15 is 0 Å². The van der Waals surface area contributed by atoms with Crippen molar-refractivity contribution in [3.05, 3.63) is 59.2 Å². The summed E-state index contributed by atoms with van der Waals surface area (Å²) >= 11 is 0. The molecule has 0 bridgehead atoms. The second-order valence-corrected chi connectivity index (χ2v) is 20.8. The third-order valence-corrected chi connectivity index (χ3v) is 13.9. The molecule has 6 amide bonds. The molecule has 0 radical (unpaired) electrons. The molecule has 1 heterocycles. The lowest BCUT2D eigenvalue weighted by molar-refractivity contribution is -0.155. The number of allylic oxidation sites excluding steroid dienone is 1. The van der Waals surface area contributed by atoms with Gasteiger partial charge in [0.2, 0.25) is 23.6 Å². The molecule has 1 aliphatic heterocycles. The molecule has 0 aliphatic carbocycles. The van der Waals surface area contributed by atoms with E-state index in [-0.39, 0.29) is 37.4 Å². The highest BCUT2D eigenvalue weighted by Gasteiger charge is 2.37. The minimum Gasteiger partial charge on any atom is -0.456 e. The molecule has 0 aromatic heterocycles. The van der Waals surface area contributed by atoms with E-state index in [1.54, 1.807) is 58.0 Å². The van der Waals surface area contributed by atoms with Crippen LogP contribution >= 0.6 is 0 Å². The number of benzene rings is 1. The van der Waals surface area contributed by atoms with Crippen LogP contribution in [-0.2, 0) is 54.2 Å². The molecule has 5 N–H and O–H groups in total. The first kappa shape index (κ1) is 65.3. The van der Waals surface area contributed by atoms with E-state index in [9.17, 15) is 38.4 Å². The Balaban J connectivity index is 2.57. The SMILES string of the molecule is C/C=C(\C)[C@H]1OC(=O)[C@@H](C)NC(=O)[C@H](C(C)CC)NC(=O)CN(C)C(=O)[C@@H](Cc2ccccc2)N(C)C(=O)[C@H](C)NC(=O)[C@@H](CC(C)C)OC(=O)/C(C)=C/C[C@H](OC(=O)NCCCCCCCCCCCCO)[C@@H]1C. The zero-order valence-electron chi connectivity index (χ0n) is 47.2. The van der Waals surface area contributed by atoms with Gasteiger partial charge < -0.3 is 50.4 Å². The first-order valence-corrected chi connectivity index (χ1v) is 27.3. The van der Waals surface area contributed by atoms with Crippen molar-refractivity contribution in [1.29, 1.82) is 0 Å². The molecular formula is C57H92N6O12. The van der Waals surface area contributed by atoms with Gasteiger partial charge in [0.1, 0.15) is 36.4 Å². The molecule has 75 heavy (non-hydrogen) atoms. The molecule has 1 unspecified atom stereocenters. The van der Waals surface area contributed by atoms with Gasteiger partial charge in [-0.1, -0.05) is 135 Å². The first-order chi connectivity index (χ1) is 35.6. The number of nitrogens with zero attached hydrogens (tertiary/aromatic N) is 2. The maximum atomic E-state index is 14.3. The fraction of sp³-hybridized carbons (Fsp3) is 0.684. The summed E-state index contributed by atoms with van der Waals surface area (Å²) in [6.45, 7) is 17.2. The van der Waals surface area contributed by atoms with Crippen LogP contribution in [0.4, 0.5) is 4.79 Å². The molecule has 0 fully saturated rings. The van der Waals surface area contributed by atoms with E-state index in [1.165, 1.54) is 50.7 Å². The number of rotatable bonds is 20. The van der Waals surface area contributed by atoms with Crippen LogP contribution in [-0.4, -0.2) is 139 Å². The number of unbranched alkanes of at least 4 members (excludes halogenated alkanes) is 9. The van der Waals surface area contributed by atoms with E-state index in [1.807, 2.05) is 26.8 Å². The average Bonchev–Trinajstić information content (AvgIpc) is 3.38. The fourth-order valence-electron chi connectivity index (χ4n) is 8.71. The molecule has 1 aliphatic rings. The number of amides is 6. The Morgan fingerprint density at radius 3 is 1.99 bits per heavy atom. The van der Waals surface area contributed by atoms with E-state index in [2.05, 4.69) is 21.3 Å². The Bertz CT molecular complexity index is 2040. The first-order valence-electron chi connectivity index (χ1n) is 27.3. The number of carbonyl (C=O) groups excluding carboxylic acids is 8. The third kappa shape index (κ3) is 23.3. The van der Waals surface area contributed by atoms with Crippen LogP contribution in [0, 0.1) is 17.8 Å². The van der Waals surface area contributed by atoms with Crippen LogP contribution in [0.15, 0.2) is 53.6 Å². The lowest BCUT2D eigenvalue weighted by Crippen LogP contribution is -2.57. The average molecular weight is 1050 g/mol. The predicted molar refractivity (Wildman–Crippen MR) is 289 cm³/mol. The zero-order chi connectivity index (χ0) is 56.2. The maximum absolute atomic E-state index is 14.3. The van der Waals surface area contributed by atoms with Gasteiger partial charge in [-0.25, -0.2) is 14.4 Å². The van der Waals surface area contributed by atoms with Gasteiger partial charge in [0.15, 0.2) is 6.10 Å². The van der Waals surface area contributed by atoms with Crippen LogP contribution in [0.3, 0.4) is 0 Å². The number of ether oxygens (including phenoxy) is 3. The Hall–Kier alpha value is -5.78. The molecule has 0 saturated carbocycles. The minimum atomic E-state index is -1.31. The predicted octanol–water partition coefficient (Wildman–Crippen LogP) is 6.86. The monoisotopic (exact) mass is 1050 g/mol. The molecule has 9 atom stereocenters. The lowest BCUT2D eigenvalue weighted by Gasteiger charge is -2.33. The van der Waals surface area contributed by atoms with Crippen LogP contribution in [0.5, 0.6) is 0 Å². The van der Waals surface area contributed by atoms with Crippen molar-refractivity contribution in [2.45, 2.75) is 202 Å². The van der Waals surface area contributed by atoms with Crippen molar-refractivity contribution < 1.29 is 57.7 Å². The number of esters is 2. The van der Waals surface area contributed by atoms with Crippen molar-refractivity contribution in [2.24, 2.45) is 17.8 Å². The molecule has 1 aromatic carbocycles. The van der Waals surface area contributed by atoms with Gasteiger partial charge in [-0.05, 0) is 76.9 Å². The standard InChI is InChI=1S/C57H92N6O12/c1-13-38(5)49-52(67)60-43(10)56(71)75-50(39(6)14-2)41(8)46(74-57(72)58-32-26-21-19-17-15-16-18-20-22-27-33-64)31-30-40(7)55(70)73-47(34-37(3)4)51(66)59-42(9)53(68)63(12)45(35-44-28-24-23-25-29-44)54(69)62(11)36-48(65)61-49/h14,23-25,28-30,37-38,41-43,45-47,49-50,64H,13,15-22,26-27,31-36H2,1-12H3,(H,58,72)(H,59,66)(H,60,67)(H,61,65)/b39-14+,40-30+/t38?,41-,42-,43+,45+,46-,47+,49-,50+/m0/s1. The molecule has 18 heteroatoms. The molecular weight excluding hydrogens is 961 g/mol. The number of alkyl carbamates (subject to hydrolysis) is 1. The van der Waals surface area contributed by atoms with Crippen LogP contribution in [0.1, 0.15) is 158 Å². The Labute approximate surface area is 447 Å². The highest BCUT2D eigenvalue weighted by molar-refractivity contribution is 5.96. The van der Waals surface area contributed by atoms with Crippen molar-refractivity contribution in [2.75, 3.05) is 33.8 Å². The van der Waals surface area contributed by atoms with Crippen LogP contribution < -0.4 is 21.3 Å². The van der Waals surface area contributed by atoms with Gasteiger partial charge in [-0.3, -0.25) is 24.0 Å². The Kier molecular flexibility index (Phi) is 30.2. The van der Waals surface area contributed by atoms with Crippen LogP contribution in [0.2, 0.25) is 0 Å². The summed E-state index contributed by atoms with van der Waals surface area (Å²) in [5, 5.41) is 20.0. The van der Waals surface area contributed by atoms with Crippen molar-refractivity contribution in [3.8, 4) is 0 Å². The van der Waals surface area contributed by atoms with Crippen LogP contribution in [0.25, 0.3) is 0 Å². The number of likely N-dealkylation sites (N-methyl/N-ethyl adjacent to an activating group) is 2. The van der Waals surface area contributed by atoms with E-state index in [0.717, 1.165) is 69.8 Å². The number of aliphatic hydroxyl groups excluding tert-OH is 1. The zero-order valence-corrected chi connectivity index (χ0v) is 47.2. The van der Waals surface area contributed by atoms with E-state index in [0.29, 0.717) is 18.5 Å². The summed E-state index contributed by atoms with van der Waals surface area (Å²) < 4.78 is 18.0. The summed E-state index contributed by atoms with van der Waals surface area (Å²) in [5.41, 5.74) is 1.46.